The van der Waals surface area contributed by atoms with Gasteiger partial charge in [-0.3, -0.25) is 9.36 Å². The average molecular weight is 309 g/mol. The summed E-state index contributed by atoms with van der Waals surface area (Å²) in [7, 11) is 0. The lowest BCUT2D eigenvalue weighted by molar-refractivity contribution is -0.133. The number of nitrogens with zero attached hydrogens (tertiary/aromatic N) is 2. The van der Waals surface area contributed by atoms with Crippen molar-refractivity contribution in [2.75, 3.05) is 12.5 Å². The molecule has 0 atom stereocenters. The van der Waals surface area contributed by atoms with Crippen LogP contribution in [0, 0.1) is 0 Å². The van der Waals surface area contributed by atoms with E-state index in [2.05, 4.69) is 10.2 Å². The van der Waals surface area contributed by atoms with Crippen LogP contribution < -0.4 is 15.2 Å². The van der Waals surface area contributed by atoms with E-state index in [1.54, 1.807) is 12.1 Å². The number of nitrogens with one attached hydrogen (secondary N) is 1. The van der Waals surface area contributed by atoms with Crippen molar-refractivity contribution in [1.82, 2.24) is 14.8 Å². The number of carbonyl (C=O) groups is 1. The second kappa shape index (κ2) is 5.52. The summed E-state index contributed by atoms with van der Waals surface area (Å²) >= 11 is 0.986. The maximum Gasteiger partial charge on any atom is 0.344 e. The summed E-state index contributed by atoms with van der Waals surface area (Å²) < 4.78 is 11.9. The predicted molar refractivity (Wildman–Crippen MR) is 72.9 cm³/mol. The van der Waals surface area contributed by atoms with Crippen molar-refractivity contribution >= 4 is 17.7 Å². The van der Waals surface area contributed by atoms with E-state index in [1.165, 1.54) is 4.57 Å². The van der Waals surface area contributed by atoms with Crippen LogP contribution in [-0.4, -0.2) is 38.4 Å². The summed E-state index contributed by atoms with van der Waals surface area (Å²) in [6, 6.07) is 5.37. The number of aliphatic carboxylic acids is 1. The number of benzene rings is 1. The van der Waals surface area contributed by atoms with Gasteiger partial charge in [0.15, 0.2) is 16.7 Å². The summed E-state index contributed by atoms with van der Waals surface area (Å²) in [5, 5.41) is 15.2. The molecule has 0 unspecified atom stereocenters. The van der Waals surface area contributed by atoms with E-state index in [0.717, 1.165) is 17.3 Å². The Bertz CT molecular complexity index is 739. The normalized spacial score (nSPS) is 12.6. The van der Waals surface area contributed by atoms with Crippen LogP contribution in [0.3, 0.4) is 0 Å². The Morgan fingerprint density at radius 2 is 2.24 bits per heavy atom. The van der Waals surface area contributed by atoms with Crippen LogP contribution >= 0.6 is 11.8 Å². The fraction of sp³-hybridized carbons (Fsp3) is 0.250. The molecule has 2 aromatic rings. The highest BCUT2D eigenvalue weighted by Gasteiger charge is 2.15. The Morgan fingerprint density at radius 1 is 1.43 bits per heavy atom. The number of carboxylic acids is 1. The lowest BCUT2D eigenvalue weighted by Gasteiger charge is -2.05. The second-order valence-electron chi connectivity index (χ2n) is 4.27. The summed E-state index contributed by atoms with van der Waals surface area (Å²) in [4.78, 5) is 22.4. The molecule has 0 saturated carbocycles. The van der Waals surface area contributed by atoms with Gasteiger partial charge in [-0.05, 0) is 17.7 Å². The summed E-state index contributed by atoms with van der Waals surface area (Å²) in [6.45, 7) is 0.456. The molecule has 0 bridgehead atoms. The van der Waals surface area contributed by atoms with Gasteiger partial charge in [0.25, 0.3) is 0 Å². The maximum absolute atomic E-state index is 11.8. The van der Waals surface area contributed by atoms with Crippen LogP contribution in [0.5, 0.6) is 11.5 Å². The molecule has 0 saturated heterocycles. The van der Waals surface area contributed by atoms with Gasteiger partial charge in [-0.1, -0.05) is 17.8 Å². The number of hydrogen-bond acceptors (Lipinski definition) is 6. The topological polar surface area (TPSA) is 106 Å². The van der Waals surface area contributed by atoms with E-state index < -0.39 is 5.97 Å². The zero-order chi connectivity index (χ0) is 14.8. The van der Waals surface area contributed by atoms with Gasteiger partial charge in [0, 0.05) is 0 Å². The first-order valence-electron chi connectivity index (χ1n) is 6.02. The van der Waals surface area contributed by atoms with Crippen LogP contribution in [-0.2, 0) is 11.3 Å². The Balaban J connectivity index is 1.82. The van der Waals surface area contributed by atoms with E-state index in [-0.39, 0.29) is 24.8 Å². The zero-order valence-corrected chi connectivity index (χ0v) is 11.6. The minimum atomic E-state index is -0.968. The molecule has 0 aliphatic carbocycles. The molecule has 110 valence electrons. The molecule has 0 spiro atoms. The fourth-order valence-corrected chi connectivity index (χ4v) is 2.57. The van der Waals surface area contributed by atoms with Crippen molar-refractivity contribution in [3.63, 3.8) is 0 Å². The molecule has 9 heteroatoms. The van der Waals surface area contributed by atoms with Crippen LogP contribution in [0.25, 0.3) is 0 Å². The van der Waals surface area contributed by atoms with Crippen LogP contribution in [0.4, 0.5) is 0 Å². The smallest absolute Gasteiger partial charge is 0.344 e. The highest BCUT2D eigenvalue weighted by Crippen LogP contribution is 2.32. The molecule has 8 nitrogen and oxygen atoms in total. The number of rotatable bonds is 5. The van der Waals surface area contributed by atoms with E-state index in [0.29, 0.717) is 16.7 Å². The first kappa shape index (κ1) is 13.6. The molecule has 1 aromatic heterocycles. The third-order valence-electron chi connectivity index (χ3n) is 2.83. The highest BCUT2D eigenvalue weighted by molar-refractivity contribution is 7.99. The maximum atomic E-state index is 11.8. The summed E-state index contributed by atoms with van der Waals surface area (Å²) in [6.07, 6.45) is 0. The van der Waals surface area contributed by atoms with E-state index in [1.807, 2.05) is 6.07 Å². The Morgan fingerprint density at radius 3 is 3.05 bits per heavy atom. The van der Waals surface area contributed by atoms with Crippen molar-refractivity contribution in [3.05, 3.63) is 34.2 Å². The number of aromatic nitrogens is 3. The minimum absolute atomic E-state index is 0.161. The van der Waals surface area contributed by atoms with E-state index in [9.17, 15) is 9.59 Å². The first-order chi connectivity index (χ1) is 10.1. The molecule has 0 amide bonds. The van der Waals surface area contributed by atoms with Crippen molar-refractivity contribution in [3.8, 4) is 11.5 Å². The van der Waals surface area contributed by atoms with E-state index >= 15 is 0 Å². The molecule has 1 aliphatic rings. The standard InChI is InChI=1S/C12H11N3O5S/c16-10(17)5-21-12-14-13-11(18)15(12)4-7-1-2-8-9(3-7)20-6-19-8/h1-3H,4-6H2,(H,13,18)(H,16,17). The highest BCUT2D eigenvalue weighted by atomic mass is 32.2. The van der Waals surface area contributed by atoms with Gasteiger partial charge in [0.1, 0.15) is 0 Å². The number of hydrogen-bond donors (Lipinski definition) is 2. The van der Waals surface area contributed by atoms with Gasteiger partial charge in [0.05, 0.1) is 12.3 Å². The number of carboxylic acid groups (broad SMARTS) is 1. The van der Waals surface area contributed by atoms with Gasteiger partial charge in [-0.2, -0.15) is 0 Å². The Kier molecular flexibility index (Phi) is 3.57. The molecule has 0 fully saturated rings. The molecule has 0 radical (unpaired) electrons. The SMILES string of the molecule is O=C(O)CSc1n[nH]c(=O)n1Cc1ccc2c(c1)OCO2. The van der Waals surface area contributed by atoms with Crippen molar-refractivity contribution in [2.45, 2.75) is 11.7 Å². The van der Waals surface area contributed by atoms with Gasteiger partial charge in [0.2, 0.25) is 6.79 Å². The number of fused-ring (bicyclic) bond motifs is 1. The lowest BCUT2D eigenvalue weighted by atomic mass is 10.2. The molecule has 21 heavy (non-hydrogen) atoms. The third kappa shape index (κ3) is 2.87. The van der Waals surface area contributed by atoms with Crippen molar-refractivity contribution in [2.24, 2.45) is 0 Å². The monoisotopic (exact) mass is 309 g/mol. The molecular formula is C12H11N3O5S. The molecule has 2 N–H and O–H groups in total. The Labute approximate surface area is 122 Å². The number of ether oxygens (including phenoxy) is 2. The summed E-state index contributed by atoms with van der Waals surface area (Å²) in [5.74, 6) is 0.165. The van der Waals surface area contributed by atoms with Crippen LogP contribution in [0.2, 0.25) is 0 Å². The Hall–Kier alpha value is -2.42. The lowest BCUT2D eigenvalue weighted by Crippen LogP contribution is -2.18. The number of aromatic amines is 1. The van der Waals surface area contributed by atoms with Crippen LogP contribution in [0.15, 0.2) is 28.2 Å². The van der Waals surface area contributed by atoms with Crippen molar-refractivity contribution < 1.29 is 19.4 Å². The van der Waals surface area contributed by atoms with Gasteiger partial charge in [-0.25, -0.2) is 9.89 Å². The largest absolute Gasteiger partial charge is 0.481 e. The molecule has 2 heterocycles. The molecular weight excluding hydrogens is 298 g/mol. The van der Waals surface area contributed by atoms with Crippen LogP contribution in [0.1, 0.15) is 5.56 Å². The fourth-order valence-electron chi connectivity index (χ4n) is 1.90. The second-order valence-corrected chi connectivity index (χ2v) is 5.21. The van der Waals surface area contributed by atoms with Gasteiger partial charge >= 0.3 is 11.7 Å². The van der Waals surface area contributed by atoms with Gasteiger partial charge in [-0.15, -0.1) is 5.10 Å². The third-order valence-corrected chi connectivity index (χ3v) is 3.79. The molecule has 3 rings (SSSR count). The number of H-pyrrole nitrogens is 1. The predicted octanol–water partition coefficient (Wildman–Crippen LogP) is 0.525. The quantitative estimate of drug-likeness (QED) is 0.776. The molecule has 1 aliphatic heterocycles. The van der Waals surface area contributed by atoms with Crippen molar-refractivity contribution in [1.29, 1.82) is 0 Å². The number of thioether (sulfide) groups is 1. The first-order valence-corrected chi connectivity index (χ1v) is 7.00. The summed E-state index contributed by atoms with van der Waals surface area (Å²) in [5.41, 5.74) is 0.445. The van der Waals surface area contributed by atoms with Gasteiger partial charge < -0.3 is 14.6 Å². The minimum Gasteiger partial charge on any atom is -0.481 e. The molecule has 1 aromatic carbocycles. The van der Waals surface area contributed by atoms with E-state index in [4.69, 9.17) is 14.6 Å². The zero-order valence-electron chi connectivity index (χ0n) is 10.7. The average Bonchev–Trinajstić information content (AvgIpc) is 3.04.